The van der Waals surface area contributed by atoms with Crippen LogP contribution in [0.15, 0.2) is 0 Å². The van der Waals surface area contributed by atoms with E-state index in [1.54, 1.807) is 0 Å². The molecule has 0 aliphatic heterocycles. The summed E-state index contributed by atoms with van der Waals surface area (Å²) < 4.78 is 0. The Morgan fingerprint density at radius 2 is 1.91 bits per heavy atom. The summed E-state index contributed by atoms with van der Waals surface area (Å²) >= 11 is 0. The lowest BCUT2D eigenvalue weighted by atomic mass is 9.95. The molecule has 1 unspecified atom stereocenters. The number of nitrogens with one attached hydrogen (secondary N) is 1. The van der Waals surface area contributed by atoms with Crippen molar-refractivity contribution in [2.45, 2.75) is 52.1 Å². The van der Waals surface area contributed by atoms with Gasteiger partial charge in [-0.3, -0.25) is 5.32 Å². The van der Waals surface area contributed by atoms with E-state index in [0.29, 0.717) is 0 Å². The highest BCUT2D eigenvalue weighted by Crippen LogP contribution is 2.13. The van der Waals surface area contributed by atoms with Crippen LogP contribution in [-0.2, 0) is 0 Å². The SMILES string of the molecule is CCC(C)(CC)NC(C)C#N. The summed E-state index contributed by atoms with van der Waals surface area (Å²) in [5.41, 5.74) is 0.134. The fourth-order valence-electron chi connectivity index (χ4n) is 1.01. The van der Waals surface area contributed by atoms with E-state index >= 15 is 0 Å². The van der Waals surface area contributed by atoms with Crippen LogP contribution in [-0.4, -0.2) is 11.6 Å². The molecule has 2 heteroatoms. The molecule has 0 aromatic rings. The zero-order valence-electron chi connectivity index (χ0n) is 7.94. The molecule has 0 aromatic carbocycles. The van der Waals surface area contributed by atoms with E-state index in [1.165, 1.54) is 0 Å². The van der Waals surface area contributed by atoms with Gasteiger partial charge in [-0.25, -0.2) is 0 Å². The van der Waals surface area contributed by atoms with Crippen molar-refractivity contribution in [1.82, 2.24) is 5.32 Å². The molecule has 11 heavy (non-hydrogen) atoms. The normalized spacial score (nSPS) is 14.1. The van der Waals surface area contributed by atoms with Gasteiger partial charge in [-0.05, 0) is 26.7 Å². The lowest BCUT2D eigenvalue weighted by Crippen LogP contribution is -2.45. The van der Waals surface area contributed by atoms with Gasteiger partial charge < -0.3 is 0 Å². The Balaban J connectivity index is 3.99. The molecule has 0 aliphatic carbocycles. The maximum atomic E-state index is 8.58. The summed E-state index contributed by atoms with van der Waals surface area (Å²) in [4.78, 5) is 0. The van der Waals surface area contributed by atoms with E-state index in [0.717, 1.165) is 12.8 Å². The van der Waals surface area contributed by atoms with Crippen molar-refractivity contribution in [3.8, 4) is 6.07 Å². The Kier molecular flexibility index (Phi) is 4.14. The van der Waals surface area contributed by atoms with Crippen LogP contribution < -0.4 is 5.32 Å². The van der Waals surface area contributed by atoms with Gasteiger partial charge in [-0.15, -0.1) is 0 Å². The Morgan fingerprint density at radius 1 is 1.45 bits per heavy atom. The van der Waals surface area contributed by atoms with Gasteiger partial charge in [0.2, 0.25) is 0 Å². The second-order valence-electron chi connectivity index (χ2n) is 3.26. The Hall–Kier alpha value is -0.550. The fraction of sp³-hybridized carbons (Fsp3) is 0.889. The molecule has 64 valence electrons. The van der Waals surface area contributed by atoms with Gasteiger partial charge in [0.1, 0.15) is 0 Å². The van der Waals surface area contributed by atoms with Crippen LogP contribution in [0.3, 0.4) is 0 Å². The quantitative estimate of drug-likeness (QED) is 0.673. The summed E-state index contributed by atoms with van der Waals surface area (Å²) in [6, 6.07) is 2.14. The van der Waals surface area contributed by atoms with E-state index in [1.807, 2.05) is 6.92 Å². The largest absolute Gasteiger partial charge is 0.297 e. The third-order valence-corrected chi connectivity index (χ3v) is 2.32. The summed E-state index contributed by atoms with van der Waals surface area (Å²) in [6.45, 7) is 8.32. The van der Waals surface area contributed by atoms with Crippen molar-refractivity contribution in [1.29, 1.82) is 5.26 Å². The molecule has 2 nitrogen and oxygen atoms in total. The molecule has 0 saturated carbocycles. The van der Waals surface area contributed by atoms with Crippen molar-refractivity contribution >= 4 is 0 Å². The standard InChI is InChI=1S/C9H18N2/c1-5-9(4,6-2)11-8(3)7-10/h8,11H,5-6H2,1-4H3. The van der Waals surface area contributed by atoms with Crippen LogP contribution in [0.4, 0.5) is 0 Å². The summed E-state index contributed by atoms with van der Waals surface area (Å²) in [5, 5.41) is 11.9. The number of rotatable bonds is 4. The molecule has 0 aromatic heterocycles. The molecular formula is C9H18N2. The first kappa shape index (κ1) is 10.4. The molecule has 0 spiro atoms. The summed E-state index contributed by atoms with van der Waals surface area (Å²) in [5.74, 6) is 0. The molecule has 0 radical (unpaired) electrons. The van der Waals surface area contributed by atoms with Crippen LogP contribution in [0.25, 0.3) is 0 Å². The van der Waals surface area contributed by atoms with Crippen LogP contribution in [0.2, 0.25) is 0 Å². The minimum absolute atomic E-state index is 0.0418. The number of nitriles is 1. The second-order valence-corrected chi connectivity index (χ2v) is 3.26. The maximum Gasteiger partial charge on any atom is 0.0928 e. The van der Waals surface area contributed by atoms with Gasteiger partial charge >= 0.3 is 0 Å². The lowest BCUT2D eigenvalue weighted by Gasteiger charge is -2.29. The summed E-state index contributed by atoms with van der Waals surface area (Å²) in [7, 11) is 0. The second kappa shape index (κ2) is 4.35. The number of hydrogen-bond acceptors (Lipinski definition) is 2. The van der Waals surface area contributed by atoms with Crippen molar-refractivity contribution in [2.24, 2.45) is 0 Å². The van der Waals surface area contributed by atoms with E-state index in [-0.39, 0.29) is 11.6 Å². The van der Waals surface area contributed by atoms with Crippen molar-refractivity contribution in [3.63, 3.8) is 0 Å². The molecule has 0 heterocycles. The molecule has 0 amide bonds. The highest BCUT2D eigenvalue weighted by molar-refractivity contribution is 4.92. The number of hydrogen-bond donors (Lipinski definition) is 1. The third kappa shape index (κ3) is 3.38. The Morgan fingerprint density at radius 3 is 2.18 bits per heavy atom. The minimum Gasteiger partial charge on any atom is -0.297 e. The predicted octanol–water partition coefficient (Wildman–Crippen LogP) is 2.07. The molecule has 0 fully saturated rings. The van der Waals surface area contributed by atoms with Crippen LogP contribution in [0.1, 0.15) is 40.5 Å². The zero-order chi connectivity index (χ0) is 8.91. The van der Waals surface area contributed by atoms with Crippen molar-refractivity contribution < 1.29 is 0 Å². The van der Waals surface area contributed by atoms with Gasteiger partial charge in [0.25, 0.3) is 0 Å². The topological polar surface area (TPSA) is 35.8 Å². The monoisotopic (exact) mass is 154 g/mol. The van der Waals surface area contributed by atoms with Crippen LogP contribution >= 0.6 is 0 Å². The molecule has 1 atom stereocenters. The highest BCUT2D eigenvalue weighted by Gasteiger charge is 2.20. The smallest absolute Gasteiger partial charge is 0.0928 e. The van der Waals surface area contributed by atoms with Crippen LogP contribution in [0.5, 0.6) is 0 Å². The van der Waals surface area contributed by atoms with Gasteiger partial charge in [0, 0.05) is 5.54 Å². The fourth-order valence-corrected chi connectivity index (χ4v) is 1.01. The van der Waals surface area contributed by atoms with E-state index in [2.05, 4.69) is 32.2 Å². The number of nitrogens with zero attached hydrogens (tertiary/aromatic N) is 1. The van der Waals surface area contributed by atoms with E-state index < -0.39 is 0 Å². The molecule has 0 rings (SSSR count). The lowest BCUT2D eigenvalue weighted by molar-refractivity contribution is 0.319. The third-order valence-electron chi connectivity index (χ3n) is 2.32. The first-order valence-corrected chi connectivity index (χ1v) is 4.25. The van der Waals surface area contributed by atoms with Gasteiger partial charge in [0.05, 0.1) is 12.1 Å². The van der Waals surface area contributed by atoms with Gasteiger partial charge in [-0.1, -0.05) is 13.8 Å². The molecule has 1 N–H and O–H groups in total. The minimum atomic E-state index is -0.0418. The predicted molar refractivity (Wildman–Crippen MR) is 47.2 cm³/mol. The first-order valence-electron chi connectivity index (χ1n) is 4.25. The summed E-state index contributed by atoms with van der Waals surface area (Å²) in [6.07, 6.45) is 2.13. The average Bonchev–Trinajstić information content (AvgIpc) is 2.04. The molecular weight excluding hydrogens is 136 g/mol. The van der Waals surface area contributed by atoms with E-state index in [4.69, 9.17) is 5.26 Å². The van der Waals surface area contributed by atoms with Crippen molar-refractivity contribution in [2.75, 3.05) is 0 Å². The highest BCUT2D eigenvalue weighted by atomic mass is 15.0. The zero-order valence-corrected chi connectivity index (χ0v) is 7.94. The van der Waals surface area contributed by atoms with Crippen LogP contribution in [0, 0.1) is 11.3 Å². The Bertz CT molecular complexity index is 142. The molecule has 0 bridgehead atoms. The van der Waals surface area contributed by atoms with Gasteiger partial charge in [-0.2, -0.15) is 5.26 Å². The average molecular weight is 154 g/mol. The molecule has 0 aliphatic rings. The first-order chi connectivity index (χ1) is 5.08. The Labute approximate surface area is 69.6 Å². The van der Waals surface area contributed by atoms with Crippen molar-refractivity contribution in [3.05, 3.63) is 0 Å². The van der Waals surface area contributed by atoms with Gasteiger partial charge in [0.15, 0.2) is 0 Å². The molecule has 0 saturated heterocycles. The van der Waals surface area contributed by atoms with E-state index in [9.17, 15) is 0 Å². The maximum absolute atomic E-state index is 8.58.